The molecule has 0 aromatic carbocycles. The Bertz CT molecular complexity index is 379. The topological polar surface area (TPSA) is 54.0 Å². The Balaban J connectivity index is 3.00. The monoisotopic (exact) mass is 332 g/mol. The molecule has 1 aliphatic heterocycles. The van der Waals surface area contributed by atoms with E-state index in [1.807, 2.05) is 0 Å². The average molecular weight is 333 g/mol. The standard InChI is InChI=1S/C16H32O5Si/c1-15(2,3)22(7,8)21-14-9-12(19-6)13(10-18-5)20-16(14,4)11-17/h11-14H,9-10H2,1-8H3/t12-,13+,14+,16-/m0/s1. The second kappa shape index (κ2) is 7.09. The van der Waals surface area contributed by atoms with Crippen molar-refractivity contribution in [2.75, 3.05) is 20.8 Å². The van der Waals surface area contributed by atoms with Gasteiger partial charge in [-0.05, 0) is 25.1 Å². The molecule has 0 amide bonds. The molecule has 1 saturated heterocycles. The summed E-state index contributed by atoms with van der Waals surface area (Å²) in [5, 5.41) is 0.0722. The fourth-order valence-corrected chi connectivity index (χ4v) is 3.82. The fourth-order valence-electron chi connectivity index (χ4n) is 2.43. The zero-order valence-electron chi connectivity index (χ0n) is 15.3. The van der Waals surface area contributed by atoms with Crippen LogP contribution in [0.25, 0.3) is 0 Å². The SMILES string of the molecule is COC[C@H]1O[C@@](C)(C=O)[C@H](O[Si](C)(C)C(C)(C)C)C[C@@H]1OC. The molecular formula is C16H32O5Si. The van der Waals surface area contributed by atoms with E-state index in [0.29, 0.717) is 13.0 Å². The molecule has 1 aliphatic rings. The van der Waals surface area contributed by atoms with E-state index >= 15 is 0 Å². The van der Waals surface area contributed by atoms with Crippen molar-refractivity contribution in [1.82, 2.24) is 0 Å². The Morgan fingerprint density at radius 3 is 2.32 bits per heavy atom. The normalized spacial score (nSPS) is 33.7. The number of rotatable bonds is 6. The predicted molar refractivity (Wildman–Crippen MR) is 88.7 cm³/mol. The fraction of sp³-hybridized carbons (Fsp3) is 0.938. The molecule has 6 heteroatoms. The maximum atomic E-state index is 11.7. The van der Waals surface area contributed by atoms with Crippen molar-refractivity contribution >= 4 is 14.6 Å². The molecule has 0 bridgehead atoms. The first-order valence-electron chi connectivity index (χ1n) is 7.84. The Kier molecular flexibility index (Phi) is 6.37. The van der Waals surface area contributed by atoms with Gasteiger partial charge in [-0.25, -0.2) is 0 Å². The van der Waals surface area contributed by atoms with Crippen LogP contribution in [0.4, 0.5) is 0 Å². The molecule has 1 rings (SSSR count). The molecule has 1 fully saturated rings. The van der Waals surface area contributed by atoms with Gasteiger partial charge in [-0.15, -0.1) is 0 Å². The lowest BCUT2D eigenvalue weighted by molar-refractivity contribution is -0.219. The van der Waals surface area contributed by atoms with Crippen LogP contribution < -0.4 is 0 Å². The molecule has 0 radical (unpaired) electrons. The smallest absolute Gasteiger partial charge is 0.192 e. The minimum atomic E-state index is -2.01. The molecule has 0 spiro atoms. The van der Waals surface area contributed by atoms with E-state index in [4.69, 9.17) is 18.6 Å². The van der Waals surface area contributed by atoms with Crippen LogP contribution >= 0.6 is 0 Å². The van der Waals surface area contributed by atoms with Crippen LogP contribution in [0.2, 0.25) is 18.1 Å². The second-order valence-electron chi connectivity index (χ2n) is 7.79. The second-order valence-corrected chi connectivity index (χ2v) is 12.5. The van der Waals surface area contributed by atoms with Crippen LogP contribution in [0, 0.1) is 0 Å². The Labute approximate surface area is 135 Å². The minimum absolute atomic E-state index is 0.0722. The van der Waals surface area contributed by atoms with Crippen LogP contribution in [-0.4, -0.2) is 59.3 Å². The Hall–Kier alpha value is -0.273. The molecule has 1 heterocycles. The van der Waals surface area contributed by atoms with Gasteiger partial charge in [0.25, 0.3) is 0 Å². The van der Waals surface area contributed by atoms with Crippen molar-refractivity contribution in [2.45, 2.75) is 76.2 Å². The van der Waals surface area contributed by atoms with Crippen molar-refractivity contribution in [3.8, 4) is 0 Å². The zero-order chi connectivity index (χ0) is 17.2. The number of ether oxygens (including phenoxy) is 3. The molecule has 22 heavy (non-hydrogen) atoms. The lowest BCUT2D eigenvalue weighted by atomic mass is 9.89. The van der Waals surface area contributed by atoms with E-state index in [9.17, 15) is 4.79 Å². The Morgan fingerprint density at radius 1 is 1.32 bits per heavy atom. The van der Waals surface area contributed by atoms with E-state index < -0.39 is 13.9 Å². The highest BCUT2D eigenvalue weighted by molar-refractivity contribution is 6.74. The van der Waals surface area contributed by atoms with E-state index in [2.05, 4.69) is 33.9 Å². The van der Waals surface area contributed by atoms with Crippen molar-refractivity contribution < 1.29 is 23.4 Å². The third kappa shape index (κ3) is 4.17. The number of hydrogen-bond donors (Lipinski definition) is 0. The number of methoxy groups -OCH3 is 2. The summed E-state index contributed by atoms with van der Waals surface area (Å²) in [5.74, 6) is 0. The van der Waals surface area contributed by atoms with Gasteiger partial charge < -0.3 is 23.4 Å². The summed E-state index contributed by atoms with van der Waals surface area (Å²) in [5.41, 5.74) is -0.965. The van der Waals surface area contributed by atoms with E-state index in [1.54, 1.807) is 21.1 Å². The summed E-state index contributed by atoms with van der Waals surface area (Å²) in [4.78, 5) is 11.7. The van der Waals surface area contributed by atoms with Crippen LogP contribution in [0.1, 0.15) is 34.1 Å². The highest BCUT2D eigenvalue weighted by Crippen LogP contribution is 2.41. The number of hydrogen-bond acceptors (Lipinski definition) is 5. The third-order valence-corrected chi connectivity index (χ3v) is 9.50. The van der Waals surface area contributed by atoms with Gasteiger partial charge in [0.15, 0.2) is 14.6 Å². The molecule has 0 N–H and O–H groups in total. The zero-order valence-corrected chi connectivity index (χ0v) is 16.3. The van der Waals surface area contributed by atoms with Crippen LogP contribution in [0.5, 0.6) is 0 Å². The summed E-state index contributed by atoms with van der Waals surface area (Å²) < 4.78 is 23.2. The number of carbonyl (C=O) groups is 1. The molecule has 130 valence electrons. The maximum absolute atomic E-state index is 11.7. The van der Waals surface area contributed by atoms with E-state index in [1.165, 1.54) is 0 Å². The predicted octanol–water partition coefficient (Wildman–Crippen LogP) is 2.78. The highest BCUT2D eigenvalue weighted by Gasteiger charge is 2.50. The molecule has 0 aromatic heterocycles. The lowest BCUT2D eigenvalue weighted by Crippen LogP contribution is -2.61. The van der Waals surface area contributed by atoms with Gasteiger partial charge in [0.2, 0.25) is 0 Å². The van der Waals surface area contributed by atoms with Crippen molar-refractivity contribution in [3.63, 3.8) is 0 Å². The highest BCUT2D eigenvalue weighted by atomic mass is 28.4. The van der Waals surface area contributed by atoms with Gasteiger partial charge in [0.1, 0.15) is 11.7 Å². The summed E-state index contributed by atoms with van der Waals surface area (Å²) in [6.07, 6.45) is 0.794. The van der Waals surface area contributed by atoms with Gasteiger partial charge in [0, 0.05) is 20.6 Å². The van der Waals surface area contributed by atoms with Crippen LogP contribution in [-0.2, 0) is 23.4 Å². The first-order chi connectivity index (χ1) is 10.0. The summed E-state index contributed by atoms with van der Waals surface area (Å²) in [7, 11) is 1.27. The van der Waals surface area contributed by atoms with E-state index in [-0.39, 0.29) is 23.4 Å². The summed E-state index contributed by atoms with van der Waals surface area (Å²) in [6, 6.07) is 0. The molecule has 0 aliphatic carbocycles. The van der Waals surface area contributed by atoms with Gasteiger partial charge >= 0.3 is 0 Å². The third-order valence-electron chi connectivity index (χ3n) is 5.02. The van der Waals surface area contributed by atoms with Gasteiger partial charge in [-0.1, -0.05) is 20.8 Å². The maximum Gasteiger partial charge on any atom is 0.192 e. The van der Waals surface area contributed by atoms with E-state index in [0.717, 1.165) is 6.29 Å². The summed E-state index contributed by atoms with van der Waals surface area (Å²) in [6.45, 7) is 13.1. The molecular weight excluding hydrogens is 300 g/mol. The van der Waals surface area contributed by atoms with Crippen molar-refractivity contribution in [1.29, 1.82) is 0 Å². The molecule has 5 nitrogen and oxygen atoms in total. The molecule has 0 unspecified atom stereocenters. The number of carbonyl (C=O) groups excluding carboxylic acids is 1. The molecule has 0 saturated carbocycles. The number of aldehydes is 1. The summed E-state index contributed by atoms with van der Waals surface area (Å²) >= 11 is 0. The molecule has 4 atom stereocenters. The average Bonchev–Trinajstić information content (AvgIpc) is 2.40. The first kappa shape index (κ1) is 19.8. The van der Waals surface area contributed by atoms with Gasteiger partial charge in [-0.2, -0.15) is 0 Å². The van der Waals surface area contributed by atoms with Crippen molar-refractivity contribution in [2.24, 2.45) is 0 Å². The van der Waals surface area contributed by atoms with Gasteiger partial charge in [0.05, 0.1) is 18.8 Å². The van der Waals surface area contributed by atoms with Gasteiger partial charge in [-0.3, -0.25) is 0 Å². The quantitative estimate of drug-likeness (QED) is 0.553. The largest absolute Gasteiger partial charge is 0.410 e. The Morgan fingerprint density at radius 2 is 1.91 bits per heavy atom. The lowest BCUT2D eigenvalue weighted by Gasteiger charge is -2.49. The van der Waals surface area contributed by atoms with Crippen LogP contribution in [0.15, 0.2) is 0 Å². The van der Waals surface area contributed by atoms with Crippen molar-refractivity contribution in [3.05, 3.63) is 0 Å². The first-order valence-corrected chi connectivity index (χ1v) is 10.7. The molecule has 0 aromatic rings. The van der Waals surface area contributed by atoms with Crippen LogP contribution in [0.3, 0.4) is 0 Å². The minimum Gasteiger partial charge on any atom is -0.410 e.